The van der Waals surface area contributed by atoms with Gasteiger partial charge in [0, 0.05) is 17.6 Å². The summed E-state index contributed by atoms with van der Waals surface area (Å²) in [6.45, 7) is 5.98. The minimum atomic E-state index is -0.837. The molecular weight excluding hydrogens is 1030 g/mol. The zero-order valence-corrected chi connectivity index (χ0v) is 43.2. The first-order chi connectivity index (χ1) is 34.9. The minimum absolute atomic E-state index is 0.201. The summed E-state index contributed by atoms with van der Waals surface area (Å²) in [6, 6.07) is 58.8. The Kier molecular flexibility index (Phi) is 19.2. The van der Waals surface area contributed by atoms with Crippen molar-refractivity contribution in [2.75, 3.05) is 20.3 Å². The van der Waals surface area contributed by atoms with Crippen molar-refractivity contribution in [3.8, 4) is 0 Å². The van der Waals surface area contributed by atoms with Crippen LogP contribution in [0.2, 0.25) is 0 Å². The molecular formula is C58H63IO11S. The standard InChI is InChI=1S/C58H63IO11S/c1-39-29-31-46(32-30-39)71-58-54(51(63-35-43-23-13-6-14-24-43)49(70-58)47(62-34-42-21-11-5-12-22-42)37-61-33-41-19-9-4-10-20-41)69-55(40(2)59)68-52-50-48(38-65-56(67-50)45-27-17-8-18-28-45)66-57(60-3)53(52)64-36-44-25-15-7-16-26-44/h4-32,40,47-58H,33-38H2,1-3H3/t40?,47-,48-,49-,50-,51+,52+,53+,54-,55?,56?,57+,58+/m1/s1. The van der Waals surface area contributed by atoms with E-state index in [2.05, 4.69) is 97.1 Å². The summed E-state index contributed by atoms with van der Waals surface area (Å²) < 4.78 is 74.9. The second-order valence-electron chi connectivity index (χ2n) is 18.0. The topological polar surface area (TPSA) is 102 Å². The Bertz CT molecular complexity index is 2440. The van der Waals surface area contributed by atoms with Gasteiger partial charge in [-0.2, -0.15) is 0 Å². The molecule has 3 heterocycles. The van der Waals surface area contributed by atoms with Gasteiger partial charge in [0.25, 0.3) is 0 Å². The van der Waals surface area contributed by atoms with Crippen LogP contribution < -0.4 is 0 Å². The van der Waals surface area contributed by atoms with Gasteiger partial charge >= 0.3 is 0 Å². The van der Waals surface area contributed by atoms with Crippen molar-refractivity contribution in [1.29, 1.82) is 0 Å². The molecule has 3 unspecified atom stereocenters. The predicted molar refractivity (Wildman–Crippen MR) is 280 cm³/mol. The van der Waals surface area contributed by atoms with Crippen molar-refractivity contribution in [3.05, 3.63) is 209 Å². The van der Waals surface area contributed by atoms with E-state index in [0.717, 1.165) is 38.3 Å². The predicted octanol–water partition coefficient (Wildman–Crippen LogP) is 11.2. The lowest BCUT2D eigenvalue weighted by atomic mass is 9.97. The normalized spacial score (nSPS) is 26.6. The maximum atomic E-state index is 7.45. The molecule has 0 amide bonds. The molecule has 3 fully saturated rings. The van der Waals surface area contributed by atoms with Gasteiger partial charge in [-0.3, -0.25) is 0 Å². The molecule has 13 heteroatoms. The van der Waals surface area contributed by atoms with Crippen LogP contribution in [0.25, 0.3) is 0 Å². The van der Waals surface area contributed by atoms with Crippen LogP contribution in [-0.2, 0) is 78.5 Å². The highest BCUT2D eigenvalue weighted by atomic mass is 127. The molecule has 374 valence electrons. The SMILES string of the molecule is CO[C@H]1O[C@@H]2COC(c3ccccc3)O[C@H]2[C@H](OC(O[C@@H]2[C@@H](OCc3ccccc3)[C@@H]([C@@H](COCc3ccccc3)OCc3ccccc3)O[C@H]2Sc2ccc(C)cc2)C(C)I)[C@@H]1OCc1ccccc1. The van der Waals surface area contributed by atoms with Crippen LogP contribution in [0.15, 0.2) is 181 Å². The zero-order chi connectivity index (χ0) is 48.8. The first-order valence-corrected chi connectivity index (χ1v) is 26.4. The number of ether oxygens (including phenoxy) is 11. The lowest BCUT2D eigenvalue weighted by Gasteiger charge is -2.49. The van der Waals surface area contributed by atoms with Crippen molar-refractivity contribution in [2.45, 2.75) is 122 Å². The molecule has 6 aromatic carbocycles. The Morgan fingerprint density at radius 2 is 1.13 bits per heavy atom. The number of fused-ring (bicyclic) bond motifs is 1. The number of aryl methyl sites for hydroxylation is 1. The van der Waals surface area contributed by atoms with E-state index in [-0.39, 0.29) is 23.7 Å². The third kappa shape index (κ3) is 14.2. The molecule has 9 rings (SSSR count). The van der Waals surface area contributed by atoms with Gasteiger partial charge in [-0.1, -0.05) is 204 Å². The van der Waals surface area contributed by atoms with Crippen LogP contribution in [0.3, 0.4) is 0 Å². The van der Waals surface area contributed by atoms with Crippen molar-refractivity contribution < 1.29 is 52.1 Å². The highest BCUT2D eigenvalue weighted by molar-refractivity contribution is 14.1. The summed E-state index contributed by atoms with van der Waals surface area (Å²) in [5.74, 6) is 0. The number of alkyl halides is 1. The zero-order valence-electron chi connectivity index (χ0n) is 40.3. The highest BCUT2D eigenvalue weighted by Crippen LogP contribution is 2.43. The molecule has 0 saturated carbocycles. The van der Waals surface area contributed by atoms with Crippen molar-refractivity contribution in [2.24, 2.45) is 0 Å². The van der Waals surface area contributed by atoms with E-state index >= 15 is 0 Å². The van der Waals surface area contributed by atoms with Gasteiger partial charge in [0.15, 0.2) is 18.9 Å². The average Bonchev–Trinajstić information content (AvgIpc) is 3.75. The lowest BCUT2D eigenvalue weighted by Crippen LogP contribution is -2.64. The molecule has 0 radical (unpaired) electrons. The van der Waals surface area contributed by atoms with Crippen LogP contribution in [0.5, 0.6) is 0 Å². The van der Waals surface area contributed by atoms with Gasteiger partial charge < -0.3 is 52.1 Å². The molecule has 0 N–H and O–H groups in total. The third-order valence-corrected chi connectivity index (χ3v) is 14.4. The Morgan fingerprint density at radius 1 is 0.592 bits per heavy atom. The van der Waals surface area contributed by atoms with Crippen molar-refractivity contribution >= 4 is 34.4 Å². The maximum absolute atomic E-state index is 7.45. The van der Waals surface area contributed by atoms with E-state index in [1.807, 2.05) is 115 Å². The Labute approximate surface area is 435 Å². The third-order valence-electron chi connectivity index (χ3n) is 12.7. The first-order valence-electron chi connectivity index (χ1n) is 24.3. The molecule has 3 saturated heterocycles. The number of halogens is 1. The second-order valence-corrected chi connectivity index (χ2v) is 21.1. The number of rotatable bonds is 23. The molecule has 0 spiro atoms. The number of hydrogen-bond acceptors (Lipinski definition) is 12. The van der Waals surface area contributed by atoms with E-state index < -0.39 is 73.1 Å². The summed E-state index contributed by atoms with van der Waals surface area (Å²) in [4.78, 5) is 1.02. The molecule has 0 aromatic heterocycles. The number of hydrogen-bond donors (Lipinski definition) is 0. The summed E-state index contributed by atoms with van der Waals surface area (Å²) in [5, 5.41) is 0. The Hall–Kier alpha value is -4.04. The largest absolute Gasteiger partial charge is 0.374 e. The number of methoxy groups -OCH3 is 1. The number of thioether (sulfide) groups is 1. The van der Waals surface area contributed by atoms with Gasteiger partial charge in [0.2, 0.25) is 0 Å². The van der Waals surface area contributed by atoms with Crippen LogP contribution >= 0.6 is 34.4 Å². The molecule has 0 aliphatic carbocycles. The second kappa shape index (κ2) is 26.3. The van der Waals surface area contributed by atoms with Crippen molar-refractivity contribution in [1.82, 2.24) is 0 Å². The van der Waals surface area contributed by atoms with Crippen molar-refractivity contribution in [3.63, 3.8) is 0 Å². The Morgan fingerprint density at radius 3 is 1.70 bits per heavy atom. The first kappa shape index (κ1) is 51.8. The summed E-state index contributed by atoms with van der Waals surface area (Å²) in [7, 11) is 1.62. The lowest BCUT2D eigenvalue weighted by molar-refractivity contribution is -0.381. The van der Waals surface area contributed by atoms with Gasteiger partial charge in [-0.15, -0.1) is 0 Å². The van der Waals surface area contributed by atoms with Gasteiger partial charge in [-0.25, -0.2) is 0 Å². The van der Waals surface area contributed by atoms with Crippen LogP contribution in [-0.4, -0.2) is 91.1 Å². The van der Waals surface area contributed by atoms with E-state index in [1.54, 1.807) is 18.9 Å². The van der Waals surface area contributed by atoms with Crippen LogP contribution in [0.1, 0.15) is 46.6 Å². The minimum Gasteiger partial charge on any atom is -0.374 e. The van der Waals surface area contributed by atoms with Gasteiger partial charge in [0.05, 0.1) is 43.6 Å². The Balaban J connectivity index is 1.07. The van der Waals surface area contributed by atoms with E-state index in [0.29, 0.717) is 19.8 Å². The fourth-order valence-corrected chi connectivity index (χ4v) is 10.4. The molecule has 0 bridgehead atoms. The quantitative estimate of drug-likeness (QED) is 0.0347. The van der Waals surface area contributed by atoms with Gasteiger partial charge in [-0.05, 0) is 48.2 Å². The smallest absolute Gasteiger partial charge is 0.186 e. The number of benzene rings is 6. The molecule has 3 aliphatic rings. The highest BCUT2D eigenvalue weighted by Gasteiger charge is 2.55. The summed E-state index contributed by atoms with van der Waals surface area (Å²) in [6.07, 6.45) is -7.46. The molecule has 13 atom stereocenters. The molecule has 6 aromatic rings. The van der Waals surface area contributed by atoms with E-state index in [4.69, 9.17) is 52.1 Å². The fourth-order valence-electron chi connectivity index (χ4n) is 8.95. The maximum Gasteiger partial charge on any atom is 0.186 e. The summed E-state index contributed by atoms with van der Waals surface area (Å²) >= 11 is 3.97. The average molecular weight is 1100 g/mol. The summed E-state index contributed by atoms with van der Waals surface area (Å²) in [5.41, 5.74) is 5.57. The van der Waals surface area contributed by atoms with E-state index in [9.17, 15) is 0 Å². The molecule has 71 heavy (non-hydrogen) atoms. The van der Waals surface area contributed by atoms with Gasteiger partial charge in [0.1, 0.15) is 54.3 Å². The van der Waals surface area contributed by atoms with Crippen LogP contribution in [0.4, 0.5) is 0 Å². The molecule has 3 aliphatic heterocycles. The fraction of sp³-hybridized carbons (Fsp3) is 0.379. The molecule has 11 nitrogen and oxygen atoms in total. The van der Waals surface area contributed by atoms with Crippen LogP contribution in [0, 0.1) is 6.92 Å². The monoisotopic (exact) mass is 1090 g/mol. The van der Waals surface area contributed by atoms with E-state index in [1.165, 1.54) is 0 Å².